The Labute approximate surface area is 114 Å². The van der Waals surface area contributed by atoms with E-state index in [1.165, 1.54) is 14.0 Å². The molecule has 0 heterocycles. The SMILES string of the molecule is CC(O)N(C)C(=O)OCCCCC(=O)OC(C)(C)C. The fourth-order valence-corrected chi connectivity index (χ4v) is 1.18. The molecule has 112 valence electrons. The Morgan fingerprint density at radius 2 is 1.84 bits per heavy atom. The van der Waals surface area contributed by atoms with Gasteiger partial charge in [-0.2, -0.15) is 0 Å². The highest BCUT2D eigenvalue weighted by Gasteiger charge is 2.16. The van der Waals surface area contributed by atoms with Crippen LogP contribution in [0, 0.1) is 0 Å². The number of amides is 1. The van der Waals surface area contributed by atoms with Gasteiger partial charge in [0.25, 0.3) is 0 Å². The normalized spacial score (nSPS) is 12.7. The first kappa shape index (κ1) is 17.7. The van der Waals surface area contributed by atoms with E-state index in [9.17, 15) is 9.59 Å². The highest BCUT2D eigenvalue weighted by Crippen LogP contribution is 2.10. The van der Waals surface area contributed by atoms with Crippen molar-refractivity contribution in [1.82, 2.24) is 4.90 Å². The quantitative estimate of drug-likeness (QED) is 0.455. The van der Waals surface area contributed by atoms with Crippen LogP contribution in [0.3, 0.4) is 0 Å². The molecule has 0 aromatic rings. The van der Waals surface area contributed by atoms with Gasteiger partial charge in [0.2, 0.25) is 0 Å². The molecule has 0 fully saturated rings. The second kappa shape index (κ2) is 7.99. The van der Waals surface area contributed by atoms with Gasteiger partial charge in [0.1, 0.15) is 11.8 Å². The second-order valence-electron chi connectivity index (χ2n) is 5.40. The van der Waals surface area contributed by atoms with Gasteiger partial charge in [-0.1, -0.05) is 0 Å². The van der Waals surface area contributed by atoms with E-state index in [-0.39, 0.29) is 12.6 Å². The summed E-state index contributed by atoms with van der Waals surface area (Å²) >= 11 is 0. The van der Waals surface area contributed by atoms with E-state index in [1.807, 2.05) is 20.8 Å². The van der Waals surface area contributed by atoms with E-state index >= 15 is 0 Å². The summed E-state index contributed by atoms with van der Waals surface area (Å²) in [6, 6.07) is 0. The van der Waals surface area contributed by atoms with Crippen LogP contribution in [0.25, 0.3) is 0 Å². The van der Waals surface area contributed by atoms with Crippen molar-refractivity contribution in [1.29, 1.82) is 0 Å². The molecule has 0 aromatic carbocycles. The van der Waals surface area contributed by atoms with Gasteiger partial charge in [-0.05, 0) is 40.5 Å². The lowest BCUT2D eigenvalue weighted by Crippen LogP contribution is -2.35. The maximum atomic E-state index is 11.4. The third-order valence-electron chi connectivity index (χ3n) is 2.27. The minimum atomic E-state index is -0.880. The third kappa shape index (κ3) is 9.30. The number of carbonyl (C=O) groups is 2. The number of rotatable bonds is 6. The molecule has 0 rings (SSSR count). The number of esters is 1. The minimum absolute atomic E-state index is 0.221. The summed E-state index contributed by atoms with van der Waals surface area (Å²) in [5.41, 5.74) is -0.469. The van der Waals surface area contributed by atoms with Crippen LogP contribution in [0.15, 0.2) is 0 Å². The molecule has 1 unspecified atom stereocenters. The van der Waals surface area contributed by atoms with Crippen molar-refractivity contribution in [2.75, 3.05) is 13.7 Å². The van der Waals surface area contributed by atoms with Crippen LogP contribution in [-0.4, -0.2) is 47.6 Å². The molecule has 0 bridgehead atoms. The lowest BCUT2D eigenvalue weighted by molar-refractivity contribution is -0.154. The minimum Gasteiger partial charge on any atom is -0.460 e. The largest absolute Gasteiger partial charge is 0.460 e. The van der Waals surface area contributed by atoms with Crippen LogP contribution in [-0.2, 0) is 14.3 Å². The first-order valence-corrected chi connectivity index (χ1v) is 6.43. The van der Waals surface area contributed by atoms with Crippen molar-refractivity contribution in [2.45, 2.75) is 58.8 Å². The first-order chi connectivity index (χ1) is 8.63. The van der Waals surface area contributed by atoms with Crippen LogP contribution < -0.4 is 0 Å². The Kier molecular flexibility index (Phi) is 7.44. The predicted octanol–water partition coefficient (Wildman–Crippen LogP) is 1.91. The molecule has 0 aliphatic carbocycles. The summed E-state index contributed by atoms with van der Waals surface area (Å²) < 4.78 is 10.1. The number of carbonyl (C=O) groups excluding carboxylic acids is 2. The molecular formula is C13H25NO5. The van der Waals surface area contributed by atoms with Gasteiger partial charge < -0.3 is 14.6 Å². The number of ether oxygens (including phenoxy) is 2. The lowest BCUT2D eigenvalue weighted by atomic mass is 10.2. The Morgan fingerprint density at radius 1 is 1.26 bits per heavy atom. The van der Waals surface area contributed by atoms with Crippen molar-refractivity contribution in [2.24, 2.45) is 0 Å². The number of aliphatic hydroxyl groups excluding tert-OH is 1. The van der Waals surface area contributed by atoms with E-state index in [2.05, 4.69) is 0 Å². The average Bonchev–Trinajstić information content (AvgIpc) is 2.24. The Balaban J connectivity index is 3.66. The van der Waals surface area contributed by atoms with Gasteiger partial charge in [-0.25, -0.2) is 4.79 Å². The average molecular weight is 275 g/mol. The van der Waals surface area contributed by atoms with E-state index in [1.54, 1.807) is 0 Å². The summed E-state index contributed by atoms with van der Waals surface area (Å²) in [6.07, 6.45) is 0.0295. The molecule has 1 N–H and O–H groups in total. The van der Waals surface area contributed by atoms with E-state index < -0.39 is 17.9 Å². The highest BCUT2D eigenvalue weighted by atomic mass is 16.6. The third-order valence-corrected chi connectivity index (χ3v) is 2.27. The molecule has 19 heavy (non-hydrogen) atoms. The molecule has 0 saturated heterocycles. The maximum Gasteiger partial charge on any atom is 0.411 e. The number of nitrogens with zero attached hydrogens (tertiary/aromatic N) is 1. The van der Waals surface area contributed by atoms with Crippen molar-refractivity contribution in [3.05, 3.63) is 0 Å². The molecule has 0 saturated carbocycles. The fourth-order valence-electron chi connectivity index (χ4n) is 1.18. The fraction of sp³-hybridized carbons (Fsp3) is 0.846. The zero-order chi connectivity index (χ0) is 15.1. The zero-order valence-electron chi connectivity index (χ0n) is 12.4. The molecule has 0 spiro atoms. The van der Waals surface area contributed by atoms with Crippen molar-refractivity contribution < 1.29 is 24.2 Å². The Bertz CT molecular complexity index is 296. The molecule has 0 aliphatic heterocycles. The number of aliphatic hydroxyl groups is 1. The van der Waals surface area contributed by atoms with Crippen LogP contribution in [0.5, 0.6) is 0 Å². The first-order valence-electron chi connectivity index (χ1n) is 6.43. The van der Waals surface area contributed by atoms with E-state index in [0.717, 1.165) is 4.90 Å². The summed E-state index contributed by atoms with van der Waals surface area (Å²) in [7, 11) is 1.45. The van der Waals surface area contributed by atoms with Gasteiger partial charge in [-0.3, -0.25) is 9.69 Å². The van der Waals surface area contributed by atoms with Crippen LogP contribution >= 0.6 is 0 Å². The van der Waals surface area contributed by atoms with Gasteiger partial charge in [0.05, 0.1) is 6.61 Å². The van der Waals surface area contributed by atoms with Crippen molar-refractivity contribution >= 4 is 12.1 Å². The molecule has 1 amide bonds. The summed E-state index contributed by atoms with van der Waals surface area (Å²) in [4.78, 5) is 23.8. The zero-order valence-corrected chi connectivity index (χ0v) is 12.4. The molecule has 6 nitrogen and oxygen atoms in total. The summed E-state index contributed by atoms with van der Waals surface area (Å²) in [6.45, 7) is 7.15. The standard InChI is InChI=1S/C13H25NO5/c1-10(15)14(5)12(17)18-9-7-6-8-11(16)19-13(2,3)4/h10,15H,6-9H2,1-5H3. The highest BCUT2D eigenvalue weighted by molar-refractivity contribution is 5.69. The monoisotopic (exact) mass is 275 g/mol. The van der Waals surface area contributed by atoms with Crippen LogP contribution in [0.4, 0.5) is 4.79 Å². The molecule has 1 atom stereocenters. The number of unbranched alkanes of at least 4 members (excludes halogenated alkanes) is 1. The van der Waals surface area contributed by atoms with Gasteiger partial charge in [0, 0.05) is 13.5 Å². The van der Waals surface area contributed by atoms with Gasteiger partial charge in [-0.15, -0.1) is 0 Å². The lowest BCUT2D eigenvalue weighted by Gasteiger charge is -2.20. The van der Waals surface area contributed by atoms with Crippen LogP contribution in [0.1, 0.15) is 47.0 Å². The van der Waals surface area contributed by atoms with E-state index in [4.69, 9.17) is 14.6 Å². The van der Waals surface area contributed by atoms with Crippen molar-refractivity contribution in [3.8, 4) is 0 Å². The molecule has 0 aromatic heterocycles. The van der Waals surface area contributed by atoms with E-state index in [0.29, 0.717) is 19.3 Å². The van der Waals surface area contributed by atoms with Gasteiger partial charge in [0.15, 0.2) is 0 Å². The maximum absolute atomic E-state index is 11.4. The summed E-state index contributed by atoms with van der Waals surface area (Å²) in [5, 5.41) is 9.14. The predicted molar refractivity (Wildman–Crippen MR) is 70.5 cm³/mol. The smallest absolute Gasteiger partial charge is 0.411 e. The number of hydrogen-bond acceptors (Lipinski definition) is 5. The van der Waals surface area contributed by atoms with Crippen molar-refractivity contribution in [3.63, 3.8) is 0 Å². The summed E-state index contributed by atoms with van der Waals surface area (Å²) in [5.74, 6) is -0.250. The van der Waals surface area contributed by atoms with Gasteiger partial charge >= 0.3 is 12.1 Å². The van der Waals surface area contributed by atoms with Crippen LogP contribution in [0.2, 0.25) is 0 Å². The molecular weight excluding hydrogens is 250 g/mol. The Morgan fingerprint density at radius 3 is 2.32 bits per heavy atom. The number of hydrogen-bond donors (Lipinski definition) is 1. The molecule has 6 heteroatoms. The topological polar surface area (TPSA) is 76.1 Å². The molecule has 0 aliphatic rings. The second-order valence-corrected chi connectivity index (χ2v) is 5.40. The Hall–Kier alpha value is -1.30. The molecule has 0 radical (unpaired) electrons.